The molecule has 2 aliphatic rings. The predicted molar refractivity (Wildman–Crippen MR) is 90.0 cm³/mol. The molecule has 1 fully saturated rings. The molecule has 7 nitrogen and oxygen atoms in total. The highest BCUT2D eigenvalue weighted by molar-refractivity contribution is 8.18. The van der Waals surface area contributed by atoms with Crippen LogP contribution >= 0.6 is 11.8 Å². The van der Waals surface area contributed by atoms with Crippen LogP contribution in [0.2, 0.25) is 0 Å². The van der Waals surface area contributed by atoms with Crippen LogP contribution in [0.25, 0.3) is 6.08 Å². The number of carbonyl (C=O) groups excluding carboxylic acids is 1. The second-order valence-electron chi connectivity index (χ2n) is 5.13. The number of hydrogen-bond donors (Lipinski definition) is 1. The number of aliphatic carboxylic acids is 1. The summed E-state index contributed by atoms with van der Waals surface area (Å²) in [5.74, 6) is -0.933. The first-order valence-corrected chi connectivity index (χ1v) is 8.24. The molecule has 2 aliphatic heterocycles. The van der Waals surface area contributed by atoms with Crippen molar-refractivity contribution in [2.24, 2.45) is 4.99 Å². The first-order valence-electron chi connectivity index (χ1n) is 7.42. The zero-order valence-electron chi connectivity index (χ0n) is 12.8. The summed E-state index contributed by atoms with van der Waals surface area (Å²) in [4.78, 5) is 29.4. The van der Waals surface area contributed by atoms with Gasteiger partial charge in [0.25, 0.3) is 5.91 Å². The monoisotopic (exact) mass is 348 g/mol. The van der Waals surface area contributed by atoms with Crippen molar-refractivity contribution in [3.63, 3.8) is 0 Å². The summed E-state index contributed by atoms with van der Waals surface area (Å²) in [6.07, 6.45) is 1.68. The molecule has 24 heavy (non-hydrogen) atoms. The van der Waals surface area contributed by atoms with Crippen molar-refractivity contribution in [2.75, 3.05) is 32.9 Å². The molecule has 1 saturated heterocycles. The van der Waals surface area contributed by atoms with E-state index in [1.807, 2.05) is 4.90 Å². The summed E-state index contributed by atoms with van der Waals surface area (Å²) in [7, 11) is 0. The summed E-state index contributed by atoms with van der Waals surface area (Å²) in [5, 5.41) is 9.42. The minimum atomic E-state index is -1.05. The molecule has 1 N–H and O–H groups in total. The van der Waals surface area contributed by atoms with Crippen molar-refractivity contribution in [2.45, 2.75) is 0 Å². The normalized spacial score (nSPS) is 19.5. The molecule has 0 atom stereocenters. The van der Waals surface area contributed by atoms with Crippen molar-refractivity contribution >= 4 is 34.9 Å². The Morgan fingerprint density at radius 2 is 2.12 bits per heavy atom. The van der Waals surface area contributed by atoms with E-state index in [0.29, 0.717) is 47.7 Å². The fourth-order valence-electron chi connectivity index (χ4n) is 2.30. The molecular weight excluding hydrogens is 332 g/mol. The zero-order valence-corrected chi connectivity index (χ0v) is 13.6. The zero-order chi connectivity index (χ0) is 16.9. The molecular formula is C16H16N2O5S. The van der Waals surface area contributed by atoms with Crippen molar-refractivity contribution < 1.29 is 24.2 Å². The van der Waals surface area contributed by atoms with Gasteiger partial charge < -0.3 is 19.5 Å². The van der Waals surface area contributed by atoms with Crippen LogP contribution in [0.15, 0.2) is 34.2 Å². The van der Waals surface area contributed by atoms with Gasteiger partial charge in [-0.05, 0) is 23.9 Å². The van der Waals surface area contributed by atoms with Crippen LogP contribution in [0.3, 0.4) is 0 Å². The van der Waals surface area contributed by atoms with Crippen LogP contribution in [0.5, 0.6) is 5.75 Å². The Labute approximate surface area is 143 Å². The van der Waals surface area contributed by atoms with E-state index in [-0.39, 0.29) is 5.91 Å². The number of hydrogen-bond acceptors (Lipinski definition) is 6. The van der Waals surface area contributed by atoms with E-state index < -0.39 is 12.6 Å². The van der Waals surface area contributed by atoms with E-state index in [4.69, 9.17) is 14.6 Å². The number of carboxylic acid groups (broad SMARTS) is 1. The van der Waals surface area contributed by atoms with Crippen molar-refractivity contribution in [1.82, 2.24) is 4.90 Å². The third-order valence-electron chi connectivity index (χ3n) is 3.45. The van der Waals surface area contributed by atoms with Gasteiger partial charge in [0.15, 0.2) is 11.8 Å². The number of carbonyl (C=O) groups is 2. The maximum Gasteiger partial charge on any atom is 0.341 e. The lowest BCUT2D eigenvalue weighted by molar-refractivity contribution is -0.139. The van der Waals surface area contributed by atoms with E-state index in [1.54, 1.807) is 30.3 Å². The first kappa shape index (κ1) is 16.5. The molecule has 8 heteroatoms. The number of nitrogens with zero attached hydrogens (tertiary/aromatic N) is 2. The molecule has 1 aromatic rings. The number of rotatable bonds is 4. The van der Waals surface area contributed by atoms with Gasteiger partial charge >= 0.3 is 5.97 Å². The van der Waals surface area contributed by atoms with Crippen LogP contribution in [0.1, 0.15) is 5.56 Å². The number of benzene rings is 1. The number of aliphatic imine (C=N–C) groups is 1. The summed E-state index contributed by atoms with van der Waals surface area (Å²) >= 11 is 1.31. The van der Waals surface area contributed by atoms with Crippen LogP contribution in [0.4, 0.5) is 0 Å². The molecule has 0 bridgehead atoms. The average molecular weight is 348 g/mol. The number of thioether (sulfide) groups is 1. The molecule has 3 rings (SSSR count). The van der Waals surface area contributed by atoms with Gasteiger partial charge in [-0.1, -0.05) is 18.2 Å². The van der Waals surface area contributed by atoms with Gasteiger partial charge in [0, 0.05) is 18.7 Å². The average Bonchev–Trinajstić information content (AvgIpc) is 2.96. The molecule has 0 saturated carbocycles. The number of para-hydroxylation sites is 1. The van der Waals surface area contributed by atoms with Crippen LogP contribution < -0.4 is 4.74 Å². The lowest BCUT2D eigenvalue weighted by Crippen LogP contribution is -2.38. The minimum Gasteiger partial charge on any atom is -0.481 e. The summed E-state index contributed by atoms with van der Waals surface area (Å²) in [5.41, 5.74) is 0.646. The Kier molecular flexibility index (Phi) is 5.17. The Balaban J connectivity index is 1.75. The van der Waals surface area contributed by atoms with Gasteiger partial charge in [-0.3, -0.25) is 4.79 Å². The van der Waals surface area contributed by atoms with Crippen LogP contribution in [-0.2, 0) is 14.3 Å². The highest BCUT2D eigenvalue weighted by Gasteiger charge is 2.27. The smallest absolute Gasteiger partial charge is 0.341 e. The molecule has 1 amide bonds. The Morgan fingerprint density at radius 1 is 1.38 bits per heavy atom. The summed E-state index contributed by atoms with van der Waals surface area (Å²) < 4.78 is 10.6. The molecule has 0 aliphatic carbocycles. The second kappa shape index (κ2) is 7.50. The lowest BCUT2D eigenvalue weighted by atomic mass is 10.2. The highest BCUT2D eigenvalue weighted by Crippen LogP contribution is 2.32. The molecule has 2 heterocycles. The van der Waals surface area contributed by atoms with E-state index in [9.17, 15) is 9.59 Å². The Morgan fingerprint density at radius 3 is 2.88 bits per heavy atom. The molecule has 126 valence electrons. The minimum absolute atomic E-state index is 0.297. The predicted octanol–water partition coefficient (Wildman–Crippen LogP) is 1.45. The number of amidine groups is 1. The number of amides is 1. The van der Waals surface area contributed by atoms with Gasteiger partial charge in [-0.15, -0.1) is 0 Å². The molecule has 0 unspecified atom stereocenters. The van der Waals surface area contributed by atoms with Crippen molar-refractivity contribution in [3.05, 3.63) is 34.7 Å². The largest absolute Gasteiger partial charge is 0.481 e. The lowest BCUT2D eigenvalue weighted by Gasteiger charge is -2.27. The fourth-order valence-corrected chi connectivity index (χ4v) is 3.26. The maximum atomic E-state index is 12.1. The fraction of sp³-hybridized carbons (Fsp3) is 0.312. The van der Waals surface area contributed by atoms with Crippen LogP contribution in [0, 0.1) is 0 Å². The van der Waals surface area contributed by atoms with Gasteiger partial charge in [-0.2, -0.15) is 4.99 Å². The second-order valence-corrected chi connectivity index (χ2v) is 6.14. The third kappa shape index (κ3) is 3.95. The number of carboxylic acids is 1. The van der Waals surface area contributed by atoms with Gasteiger partial charge in [-0.25, -0.2) is 4.79 Å². The Bertz CT molecular complexity index is 710. The number of ether oxygens (including phenoxy) is 2. The van der Waals surface area contributed by atoms with E-state index in [1.165, 1.54) is 11.8 Å². The van der Waals surface area contributed by atoms with Gasteiger partial charge in [0.2, 0.25) is 0 Å². The topological polar surface area (TPSA) is 88.4 Å². The maximum absolute atomic E-state index is 12.1. The van der Waals surface area contributed by atoms with Crippen LogP contribution in [-0.4, -0.2) is 60.0 Å². The van der Waals surface area contributed by atoms with E-state index in [2.05, 4.69) is 4.99 Å². The number of morpholine rings is 1. The molecule has 0 radical (unpaired) electrons. The first-order chi connectivity index (χ1) is 11.6. The van der Waals surface area contributed by atoms with Gasteiger partial charge in [0.05, 0.1) is 18.1 Å². The van der Waals surface area contributed by atoms with Gasteiger partial charge in [0.1, 0.15) is 5.75 Å². The SMILES string of the molecule is O=C(O)COc1ccccc1/C=C1\SC(N2CCOCC2)=NC1=O. The summed E-state index contributed by atoms with van der Waals surface area (Å²) in [6.45, 7) is 2.24. The van der Waals surface area contributed by atoms with E-state index >= 15 is 0 Å². The third-order valence-corrected chi connectivity index (χ3v) is 4.49. The highest BCUT2D eigenvalue weighted by atomic mass is 32.2. The quantitative estimate of drug-likeness (QED) is 0.824. The molecule has 1 aromatic carbocycles. The van der Waals surface area contributed by atoms with E-state index in [0.717, 1.165) is 0 Å². The summed E-state index contributed by atoms with van der Waals surface area (Å²) in [6, 6.07) is 6.99. The van der Waals surface area contributed by atoms with Crippen molar-refractivity contribution in [1.29, 1.82) is 0 Å². The molecule has 0 aromatic heterocycles. The standard InChI is InChI=1S/C16H16N2O5S/c19-14(20)10-23-12-4-2-1-3-11(12)9-13-15(21)17-16(24-13)18-5-7-22-8-6-18/h1-4,9H,5-8,10H2,(H,19,20)/b13-9-. The Hall–Kier alpha value is -2.32. The van der Waals surface area contributed by atoms with Crippen molar-refractivity contribution in [3.8, 4) is 5.75 Å². The molecule has 0 spiro atoms.